The molecule has 0 aliphatic heterocycles. The van der Waals surface area contributed by atoms with E-state index in [-0.39, 0.29) is 21.6 Å². The summed E-state index contributed by atoms with van der Waals surface area (Å²) in [6.07, 6.45) is 0. The van der Waals surface area contributed by atoms with Gasteiger partial charge in [-0.25, -0.2) is 4.79 Å². The van der Waals surface area contributed by atoms with E-state index < -0.39 is 16.1 Å². The molecule has 0 fully saturated rings. The van der Waals surface area contributed by atoms with Crippen LogP contribution < -0.4 is 4.74 Å². The standard InChI is InChI=1S/C13H12O6S/c1-18-11-7-9-8(6-10(11)13(14)19-2)4-3-5-12(9)20(15,16)17/h3-7H,1-2H3,(H,15,16,17). The van der Waals surface area contributed by atoms with Crippen molar-refractivity contribution in [3.8, 4) is 5.75 Å². The van der Waals surface area contributed by atoms with E-state index in [0.717, 1.165) is 0 Å². The lowest BCUT2D eigenvalue weighted by Crippen LogP contribution is -2.05. The highest BCUT2D eigenvalue weighted by molar-refractivity contribution is 7.86. The molecule has 1 N–H and O–H groups in total. The van der Waals surface area contributed by atoms with Crippen molar-refractivity contribution in [3.05, 3.63) is 35.9 Å². The summed E-state index contributed by atoms with van der Waals surface area (Å²) in [5.74, 6) is -0.429. The summed E-state index contributed by atoms with van der Waals surface area (Å²) < 4.78 is 41.6. The second-order valence-corrected chi connectivity index (χ2v) is 5.39. The Kier molecular flexibility index (Phi) is 3.65. The van der Waals surface area contributed by atoms with Gasteiger partial charge in [0.05, 0.1) is 14.2 Å². The zero-order valence-electron chi connectivity index (χ0n) is 10.8. The minimum Gasteiger partial charge on any atom is -0.496 e. The Morgan fingerprint density at radius 2 is 1.90 bits per heavy atom. The molecule has 0 unspecified atom stereocenters. The zero-order valence-corrected chi connectivity index (χ0v) is 11.6. The van der Waals surface area contributed by atoms with E-state index >= 15 is 0 Å². The summed E-state index contributed by atoms with van der Waals surface area (Å²) >= 11 is 0. The molecule has 2 rings (SSSR count). The van der Waals surface area contributed by atoms with Crippen LogP contribution in [0.1, 0.15) is 10.4 Å². The molecule has 2 aromatic rings. The molecule has 0 amide bonds. The summed E-state index contributed by atoms with van der Waals surface area (Å²) in [5, 5.41) is 0.737. The van der Waals surface area contributed by atoms with E-state index in [1.54, 1.807) is 6.07 Å². The predicted octanol–water partition coefficient (Wildman–Crippen LogP) is 1.88. The number of methoxy groups -OCH3 is 2. The summed E-state index contributed by atoms with van der Waals surface area (Å²) in [4.78, 5) is 11.4. The molecule has 0 atom stereocenters. The van der Waals surface area contributed by atoms with Crippen LogP contribution in [0.3, 0.4) is 0 Å². The molecule has 0 spiro atoms. The van der Waals surface area contributed by atoms with Crippen molar-refractivity contribution >= 4 is 26.9 Å². The van der Waals surface area contributed by atoms with Gasteiger partial charge in [-0.3, -0.25) is 4.55 Å². The second kappa shape index (κ2) is 5.10. The van der Waals surface area contributed by atoms with Crippen LogP contribution >= 0.6 is 0 Å². The SMILES string of the molecule is COC(=O)c1cc2cccc(S(=O)(=O)O)c2cc1OC. The first-order valence-corrected chi connectivity index (χ1v) is 6.99. The monoisotopic (exact) mass is 296 g/mol. The van der Waals surface area contributed by atoms with Crippen LogP contribution in [0.2, 0.25) is 0 Å². The number of benzene rings is 2. The quantitative estimate of drug-likeness (QED) is 0.687. The topological polar surface area (TPSA) is 89.9 Å². The molecule has 0 radical (unpaired) electrons. The third-order valence-electron chi connectivity index (χ3n) is 2.84. The van der Waals surface area contributed by atoms with Crippen LogP contribution in [0.4, 0.5) is 0 Å². The zero-order chi connectivity index (χ0) is 14.9. The van der Waals surface area contributed by atoms with E-state index in [9.17, 15) is 17.8 Å². The Bertz CT molecular complexity index is 779. The van der Waals surface area contributed by atoms with E-state index in [1.807, 2.05) is 0 Å². The Morgan fingerprint density at radius 1 is 1.20 bits per heavy atom. The lowest BCUT2D eigenvalue weighted by atomic mass is 10.1. The van der Waals surface area contributed by atoms with E-state index in [4.69, 9.17) is 4.74 Å². The number of esters is 1. The Balaban J connectivity index is 2.84. The third-order valence-corrected chi connectivity index (χ3v) is 3.76. The lowest BCUT2D eigenvalue weighted by Gasteiger charge is -2.10. The van der Waals surface area contributed by atoms with Crippen molar-refractivity contribution < 1.29 is 27.2 Å². The van der Waals surface area contributed by atoms with Gasteiger partial charge in [0.1, 0.15) is 16.2 Å². The molecular formula is C13H12O6S. The van der Waals surface area contributed by atoms with Crippen molar-refractivity contribution in [1.82, 2.24) is 0 Å². The minimum atomic E-state index is -4.36. The third kappa shape index (κ3) is 2.45. The van der Waals surface area contributed by atoms with Gasteiger partial charge < -0.3 is 9.47 Å². The van der Waals surface area contributed by atoms with Crippen LogP contribution in [0.5, 0.6) is 5.75 Å². The molecule has 20 heavy (non-hydrogen) atoms. The summed E-state index contributed by atoms with van der Waals surface area (Å²) in [7, 11) is -1.78. The fraction of sp³-hybridized carbons (Fsp3) is 0.154. The molecule has 0 aliphatic carbocycles. The van der Waals surface area contributed by atoms with Gasteiger partial charge in [0, 0.05) is 5.39 Å². The maximum absolute atomic E-state index is 11.6. The van der Waals surface area contributed by atoms with E-state index in [0.29, 0.717) is 5.39 Å². The molecule has 0 aromatic heterocycles. The van der Waals surface area contributed by atoms with Gasteiger partial charge in [0.15, 0.2) is 0 Å². The van der Waals surface area contributed by atoms with Gasteiger partial charge >= 0.3 is 5.97 Å². The molecule has 106 valence electrons. The molecule has 0 aliphatic rings. The minimum absolute atomic E-state index is 0.167. The van der Waals surface area contributed by atoms with Crippen LogP contribution in [-0.4, -0.2) is 33.2 Å². The molecule has 0 heterocycles. The highest BCUT2D eigenvalue weighted by Crippen LogP contribution is 2.30. The molecule has 0 saturated carbocycles. The van der Waals surface area contributed by atoms with Gasteiger partial charge in [0.25, 0.3) is 10.1 Å². The maximum atomic E-state index is 11.6. The van der Waals surface area contributed by atoms with Crippen LogP contribution in [0.15, 0.2) is 35.2 Å². The van der Waals surface area contributed by atoms with Crippen LogP contribution in [-0.2, 0) is 14.9 Å². The summed E-state index contributed by atoms with van der Waals surface area (Å²) in [6, 6.07) is 7.20. The molecule has 2 aromatic carbocycles. The highest BCUT2D eigenvalue weighted by atomic mass is 32.2. The molecule has 6 nitrogen and oxygen atoms in total. The van der Waals surface area contributed by atoms with Crippen LogP contribution in [0, 0.1) is 0 Å². The smallest absolute Gasteiger partial charge is 0.341 e. The number of hydrogen-bond donors (Lipinski definition) is 1. The van der Waals surface area contributed by atoms with Gasteiger partial charge in [-0.1, -0.05) is 12.1 Å². The van der Waals surface area contributed by atoms with Gasteiger partial charge in [0.2, 0.25) is 0 Å². The van der Waals surface area contributed by atoms with Crippen molar-refractivity contribution in [3.63, 3.8) is 0 Å². The number of carbonyl (C=O) groups excluding carboxylic acids is 1. The highest BCUT2D eigenvalue weighted by Gasteiger charge is 2.19. The Labute approximate surface area is 115 Å². The van der Waals surface area contributed by atoms with Gasteiger partial charge in [-0.15, -0.1) is 0 Å². The first-order chi connectivity index (χ1) is 9.38. The fourth-order valence-electron chi connectivity index (χ4n) is 1.94. The normalized spacial score (nSPS) is 11.3. The van der Waals surface area contributed by atoms with Crippen molar-refractivity contribution in [1.29, 1.82) is 0 Å². The first kappa shape index (κ1) is 14.3. The summed E-state index contributed by atoms with van der Waals surface area (Å²) in [5.41, 5.74) is 0.176. The Morgan fingerprint density at radius 3 is 2.45 bits per heavy atom. The van der Waals surface area contributed by atoms with E-state index in [1.165, 1.54) is 38.5 Å². The molecule has 0 saturated heterocycles. The molecule has 0 bridgehead atoms. The Hall–Kier alpha value is -2.12. The largest absolute Gasteiger partial charge is 0.496 e. The fourth-order valence-corrected chi connectivity index (χ4v) is 2.65. The first-order valence-electron chi connectivity index (χ1n) is 5.55. The second-order valence-electron chi connectivity index (χ2n) is 4.00. The maximum Gasteiger partial charge on any atom is 0.341 e. The average Bonchev–Trinajstić information content (AvgIpc) is 2.43. The number of rotatable bonds is 3. The van der Waals surface area contributed by atoms with Crippen molar-refractivity contribution in [2.24, 2.45) is 0 Å². The van der Waals surface area contributed by atoms with Gasteiger partial charge in [-0.2, -0.15) is 8.42 Å². The van der Waals surface area contributed by atoms with Crippen LogP contribution in [0.25, 0.3) is 10.8 Å². The predicted molar refractivity (Wildman–Crippen MR) is 71.7 cm³/mol. The molecular weight excluding hydrogens is 284 g/mol. The number of fused-ring (bicyclic) bond motifs is 1. The van der Waals surface area contributed by atoms with Crippen molar-refractivity contribution in [2.45, 2.75) is 4.90 Å². The van der Waals surface area contributed by atoms with E-state index in [2.05, 4.69) is 4.74 Å². The number of carbonyl (C=O) groups is 1. The number of hydrogen-bond acceptors (Lipinski definition) is 5. The van der Waals surface area contributed by atoms with Crippen molar-refractivity contribution in [2.75, 3.05) is 14.2 Å². The summed E-state index contributed by atoms with van der Waals surface area (Å²) in [6.45, 7) is 0. The lowest BCUT2D eigenvalue weighted by molar-refractivity contribution is 0.0597. The average molecular weight is 296 g/mol. The molecule has 7 heteroatoms. The van der Waals surface area contributed by atoms with Gasteiger partial charge in [-0.05, 0) is 23.6 Å². The number of ether oxygens (including phenoxy) is 2.